The third-order valence-corrected chi connectivity index (χ3v) is 4.33. The maximum Gasteiger partial charge on any atom is 0.420 e. The highest BCUT2D eigenvalue weighted by Gasteiger charge is 2.20. The number of carbonyl (C=O) groups is 2. The summed E-state index contributed by atoms with van der Waals surface area (Å²) in [5, 5.41) is 14.0. The van der Waals surface area contributed by atoms with Crippen molar-refractivity contribution in [3.05, 3.63) is 68.2 Å². The molecule has 0 spiro atoms. The van der Waals surface area contributed by atoms with Gasteiger partial charge in [0.15, 0.2) is 5.58 Å². The number of oxazole rings is 1. The van der Waals surface area contributed by atoms with Crippen molar-refractivity contribution >= 4 is 34.5 Å². The second-order valence-electron chi connectivity index (χ2n) is 8.09. The van der Waals surface area contributed by atoms with Crippen LogP contribution in [0.3, 0.4) is 0 Å². The fourth-order valence-electron chi connectivity index (χ4n) is 2.92. The maximum atomic E-state index is 12.3. The number of ether oxygens (including phenoxy) is 2. The van der Waals surface area contributed by atoms with E-state index in [0.29, 0.717) is 11.3 Å². The smallest absolute Gasteiger partial charge is 0.420 e. The molecule has 3 aromatic rings. The van der Waals surface area contributed by atoms with Crippen molar-refractivity contribution in [2.75, 3.05) is 12.4 Å². The molecule has 3 rings (SSSR count). The molecule has 0 unspecified atom stereocenters. The van der Waals surface area contributed by atoms with Gasteiger partial charge in [-0.15, -0.1) is 0 Å². The van der Waals surface area contributed by atoms with E-state index in [2.05, 4.69) is 21.9 Å². The molecule has 0 bridgehead atoms. The summed E-state index contributed by atoms with van der Waals surface area (Å²) in [5.74, 6) is 3.99. The molecule has 11 heteroatoms. The van der Waals surface area contributed by atoms with Gasteiger partial charge in [-0.2, -0.15) is 0 Å². The van der Waals surface area contributed by atoms with Crippen molar-refractivity contribution in [3.63, 3.8) is 0 Å². The lowest BCUT2D eigenvalue weighted by Crippen LogP contribution is -2.27. The van der Waals surface area contributed by atoms with E-state index < -0.39 is 34.9 Å². The van der Waals surface area contributed by atoms with Gasteiger partial charge in [-0.1, -0.05) is 17.9 Å². The quantitative estimate of drug-likeness (QED) is 0.266. The van der Waals surface area contributed by atoms with Gasteiger partial charge >= 0.3 is 17.8 Å². The van der Waals surface area contributed by atoms with E-state index >= 15 is 0 Å². The van der Waals surface area contributed by atoms with Gasteiger partial charge in [-0.3, -0.25) is 24.8 Å². The van der Waals surface area contributed by atoms with E-state index in [4.69, 9.17) is 9.15 Å². The number of hydrogen-bond acceptors (Lipinski definition) is 8. The first-order chi connectivity index (χ1) is 16.0. The second kappa shape index (κ2) is 9.50. The monoisotopic (exact) mass is 467 g/mol. The van der Waals surface area contributed by atoms with Gasteiger partial charge < -0.3 is 13.9 Å². The molecule has 0 aliphatic heterocycles. The lowest BCUT2D eigenvalue weighted by Gasteiger charge is -2.19. The first kappa shape index (κ1) is 24.1. The van der Waals surface area contributed by atoms with Crippen LogP contribution in [0.1, 0.15) is 31.9 Å². The van der Waals surface area contributed by atoms with Crippen LogP contribution >= 0.6 is 0 Å². The molecule has 0 saturated heterocycles. The molecule has 0 aliphatic carbocycles. The van der Waals surface area contributed by atoms with Crippen molar-refractivity contribution in [1.82, 2.24) is 4.57 Å². The van der Waals surface area contributed by atoms with Crippen molar-refractivity contribution in [3.8, 4) is 11.8 Å². The SMILES string of the molecule is COC(=O)Cn1c(=O)oc2c(C#Cc3cccc(NC(=O)OC(C)(C)C)c3)cc([N+](=O)[O-])cc21. The van der Waals surface area contributed by atoms with Crippen molar-refractivity contribution < 1.29 is 28.4 Å². The number of nitrogens with zero attached hydrogens (tertiary/aromatic N) is 2. The predicted molar refractivity (Wildman–Crippen MR) is 121 cm³/mol. The van der Waals surface area contributed by atoms with Crippen molar-refractivity contribution in [1.29, 1.82) is 0 Å². The third-order valence-electron chi connectivity index (χ3n) is 4.33. The molecule has 1 aromatic heterocycles. The summed E-state index contributed by atoms with van der Waals surface area (Å²) < 4.78 is 15.9. The number of benzene rings is 2. The largest absolute Gasteiger partial charge is 0.468 e. The van der Waals surface area contributed by atoms with Crippen LogP contribution in [0.2, 0.25) is 0 Å². The van der Waals surface area contributed by atoms with Crippen LogP contribution in [0.5, 0.6) is 0 Å². The van der Waals surface area contributed by atoms with Gasteiger partial charge in [-0.05, 0) is 39.0 Å². The highest BCUT2D eigenvalue weighted by molar-refractivity contribution is 5.86. The number of amides is 1. The number of fused-ring (bicyclic) bond motifs is 1. The van der Waals surface area contributed by atoms with Crippen LogP contribution in [-0.4, -0.2) is 34.3 Å². The summed E-state index contributed by atoms with van der Waals surface area (Å²) >= 11 is 0. The first-order valence-electron chi connectivity index (χ1n) is 9.97. The van der Waals surface area contributed by atoms with Crippen LogP contribution in [-0.2, 0) is 20.8 Å². The summed E-state index contributed by atoms with van der Waals surface area (Å²) in [7, 11) is 1.15. The number of hydrogen-bond donors (Lipinski definition) is 1. The molecule has 176 valence electrons. The molecular weight excluding hydrogens is 446 g/mol. The van der Waals surface area contributed by atoms with Crippen LogP contribution in [0, 0.1) is 22.0 Å². The number of non-ortho nitro benzene ring substituents is 1. The van der Waals surface area contributed by atoms with Gasteiger partial charge in [0.05, 0.1) is 23.1 Å². The van der Waals surface area contributed by atoms with Gasteiger partial charge in [0.2, 0.25) is 0 Å². The number of rotatable bonds is 4. The summed E-state index contributed by atoms with van der Waals surface area (Å²) in [6.45, 7) is 4.75. The average Bonchev–Trinajstić information content (AvgIpc) is 3.05. The minimum atomic E-state index is -0.882. The molecule has 0 radical (unpaired) electrons. The van der Waals surface area contributed by atoms with Crippen LogP contribution in [0.25, 0.3) is 11.1 Å². The number of methoxy groups -OCH3 is 1. The number of nitrogens with one attached hydrogen (secondary N) is 1. The highest BCUT2D eigenvalue weighted by Crippen LogP contribution is 2.25. The number of anilines is 1. The first-order valence-corrected chi connectivity index (χ1v) is 9.97. The molecular formula is C23H21N3O8. The number of carbonyl (C=O) groups excluding carboxylic acids is 2. The zero-order chi connectivity index (χ0) is 25.0. The van der Waals surface area contributed by atoms with E-state index in [1.807, 2.05) is 0 Å². The molecule has 0 atom stereocenters. The van der Waals surface area contributed by atoms with Crippen molar-refractivity contribution in [2.45, 2.75) is 32.9 Å². The Morgan fingerprint density at radius 1 is 1.21 bits per heavy atom. The molecule has 1 N–H and O–H groups in total. The lowest BCUT2D eigenvalue weighted by atomic mass is 10.1. The standard InChI is InChI=1S/C23H21N3O8/c1-23(2,3)34-21(28)24-16-7-5-6-14(10-16)8-9-15-11-17(26(30)31)12-18-20(15)33-22(29)25(18)13-19(27)32-4/h5-7,10-12H,13H2,1-4H3,(H,24,28). The molecule has 1 amide bonds. The number of esters is 1. The third kappa shape index (κ3) is 5.80. The summed E-state index contributed by atoms with van der Waals surface area (Å²) in [6, 6.07) is 8.85. The van der Waals surface area contributed by atoms with Crippen LogP contribution in [0.15, 0.2) is 45.6 Å². The molecule has 0 aliphatic rings. The molecule has 0 saturated carbocycles. The Kier molecular flexibility index (Phi) is 6.72. The molecule has 0 fully saturated rings. The molecule has 2 aromatic carbocycles. The van der Waals surface area contributed by atoms with E-state index in [-0.39, 0.29) is 22.4 Å². The fraction of sp³-hybridized carbons (Fsp3) is 0.261. The Labute approximate surface area is 193 Å². The van der Waals surface area contributed by atoms with E-state index in [1.54, 1.807) is 45.0 Å². The number of nitro benzene ring substituents is 1. The topological polar surface area (TPSA) is 143 Å². The zero-order valence-electron chi connectivity index (χ0n) is 18.8. The highest BCUT2D eigenvalue weighted by atomic mass is 16.6. The Morgan fingerprint density at radius 2 is 1.94 bits per heavy atom. The zero-order valence-corrected chi connectivity index (χ0v) is 18.8. The fourth-order valence-corrected chi connectivity index (χ4v) is 2.92. The summed E-state index contributed by atoms with van der Waals surface area (Å²) in [4.78, 5) is 46.7. The summed E-state index contributed by atoms with van der Waals surface area (Å²) in [5.41, 5.74) is 0.0186. The van der Waals surface area contributed by atoms with E-state index in [1.165, 1.54) is 6.07 Å². The molecule has 1 heterocycles. The molecule has 11 nitrogen and oxygen atoms in total. The minimum Gasteiger partial charge on any atom is -0.468 e. The van der Waals surface area contributed by atoms with Gasteiger partial charge in [-0.25, -0.2) is 9.59 Å². The summed E-state index contributed by atoms with van der Waals surface area (Å²) in [6.07, 6.45) is -0.633. The van der Waals surface area contributed by atoms with Gasteiger partial charge in [0, 0.05) is 23.4 Å². The van der Waals surface area contributed by atoms with Crippen LogP contribution in [0.4, 0.5) is 16.2 Å². The Morgan fingerprint density at radius 3 is 2.59 bits per heavy atom. The number of nitro groups is 1. The normalized spacial score (nSPS) is 10.8. The maximum absolute atomic E-state index is 12.3. The number of aromatic nitrogens is 1. The second-order valence-corrected chi connectivity index (χ2v) is 8.09. The van der Waals surface area contributed by atoms with Crippen LogP contribution < -0.4 is 11.1 Å². The lowest BCUT2D eigenvalue weighted by molar-refractivity contribution is -0.384. The van der Waals surface area contributed by atoms with E-state index in [0.717, 1.165) is 17.7 Å². The average molecular weight is 467 g/mol. The Bertz CT molecular complexity index is 1400. The van der Waals surface area contributed by atoms with Gasteiger partial charge in [0.25, 0.3) is 5.69 Å². The Balaban J connectivity index is 2.00. The predicted octanol–water partition coefficient (Wildman–Crippen LogP) is 3.42. The van der Waals surface area contributed by atoms with Crippen molar-refractivity contribution in [2.24, 2.45) is 0 Å². The van der Waals surface area contributed by atoms with E-state index in [9.17, 15) is 24.5 Å². The molecule has 34 heavy (non-hydrogen) atoms. The Hall–Kier alpha value is -4.59. The minimum absolute atomic E-state index is 0.00459. The van der Waals surface area contributed by atoms with Gasteiger partial charge in [0.1, 0.15) is 12.1 Å².